The molecule has 0 amide bonds. The number of pyridine rings is 1. The molecule has 3 aromatic heterocycles. The monoisotopic (exact) mass is 463 g/mol. The Morgan fingerprint density at radius 2 is 2.15 bits per heavy atom. The van der Waals surface area contributed by atoms with Crippen LogP contribution in [0.2, 0.25) is 0 Å². The summed E-state index contributed by atoms with van der Waals surface area (Å²) in [7, 11) is 0. The molecule has 2 unspecified atom stereocenters. The fraction of sp³-hybridized carbons (Fsp3) is 0.435. The summed E-state index contributed by atoms with van der Waals surface area (Å²) in [6, 6.07) is 3.82. The van der Waals surface area contributed by atoms with Gasteiger partial charge in [0.2, 0.25) is 5.88 Å². The Bertz CT molecular complexity index is 1280. The summed E-state index contributed by atoms with van der Waals surface area (Å²) in [5, 5.41) is 5.30. The Morgan fingerprint density at radius 1 is 1.27 bits per heavy atom. The number of hydrogen-bond acceptors (Lipinski definition) is 9. The molecule has 6 rings (SSSR count). The third-order valence-electron chi connectivity index (χ3n) is 7.05. The number of carbonyl (C=O) groups is 1. The Balaban J connectivity index is 1.57. The molecule has 0 bridgehead atoms. The topological polar surface area (TPSA) is 112 Å². The van der Waals surface area contributed by atoms with E-state index in [2.05, 4.69) is 16.8 Å². The van der Waals surface area contributed by atoms with Gasteiger partial charge in [-0.3, -0.25) is 9.48 Å². The second kappa shape index (κ2) is 7.44. The fourth-order valence-electron chi connectivity index (χ4n) is 5.35. The molecule has 9 nitrogen and oxygen atoms in total. The second-order valence-electron chi connectivity index (χ2n) is 8.75. The van der Waals surface area contributed by atoms with E-state index in [1.165, 1.54) is 11.8 Å². The minimum Gasteiger partial charge on any atom is -0.457 e. The van der Waals surface area contributed by atoms with Gasteiger partial charge in [0, 0.05) is 30.3 Å². The van der Waals surface area contributed by atoms with Crippen LogP contribution in [0.15, 0.2) is 29.7 Å². The first-order valence-corrected chi connectivity index (χ1v) is 12.5. The van der Waals surface area contributed by atoms with E-state index in [1.807, 2.05) is 29.3 Å². The van der Waals surface area contributed by atoms with Gasteiger partial charge in [0.1, 0.15) is 17.2 Å². The zero-order chi connectivity index (χ0) is 22.7. The van der Waals surface area contributed by atoms with Gasteiger partial charge >= 0.3 is 0 Å². The van der Waals surface area contributed by atoms with Crippen molar-refractivity contribution in [2.45, 2.75) is 56.0 Å². The third-order valence-corrected chi connectivity index (χ3v) is 7.60. The number of rotatable bonds is 3. The standard InChI is InChI=1S/C23H25N7O2S/c1-13(14-6-5-9-25-19(14)24)29-10-11-30-18-15(12-26-30)23(8-4-3-7-16(23)31)32-21-17(18)20(29)27-22(28-21)33-2/h5-6,9,12-13H,3-4,7-8,10-11H2,1-2H3,(H2,24,25). The van der Waals surface area contributed by atoms with E-state index in [0.717, 1.165) is 41.0 Å². The van der Waals surface area contributed by atoms with Crippen LogP contribution in [0.3, 0.4) is 0 Å². The summed E-state index contributed by atoms with van der Waals surface area (Å²) in [6.45, 7) is 3.42. The first-order valence-electron chi connectivity index (χ1n) is 11.3. The summed E-state index contributed by atoms with van der Waals surface area (Å²) in [5.74, 6) is 1.85. The molecule has 0 aromatic carbocycles. The summed E-state index contributed by atoms with van der Waals surface area (Å²) >= 11 is 1.46. The molecule has 10 heteroatoms. The van der Waals surface area contributed by atoms with Crippen molar-refractivity contribution in [3.05, 3.63) is 35.7 Å². The Labute approximate surface area is 195 Å². The van der Waals surface area contributed by atoms with E-state index < -0.39 is 5.60 Å². The van der Waals surface area contributed by atoms with Crippen LogP contribution >= 0.6 is 11.8 Å². The van der Waals surface area contributed by atoms with Crippen molar-refractivity contribution in [2.75, 3.05) is 23.4 Å². The molecule has 0 radical (unpaired) electrons. The van der Waals surface area contributed by atoms with Crippen molar-refractivity contribution in [1.29, 1.82) is 0 Å². The van der Waals surface area contributed by atoms with Gasteiger partial charge < -0.3 is 15.4 Å². The van der Waals surface area contributed by atoms with Crippen molar-refractivity contribution in [2.24, 2.45) is 0 Å². The van der Waals surface area contributed by atoms with Crippen LogP contribution in [-0.4, -0.2) is 43.3 Å². The van der Waals surface area contributed by atoms with Gasteiger partial charge in [-0.15, -0.1) is 0 Å². The van der Waals surface area contributed by atoms with E-state index in [0.29, 0.717) is 42.8 Å². The van der Waals surface area contributed by atoms with Gasteiger partial charge in [-0.2, -0.15) is 10.1 Å². The van der Waals surface area contributed by atoms with Crippen molar-refractivity contribution in [3.63, 3.8) is 0 Å². The second-order valence-corrected chi connectivity index (χ2v) is 9.52. The summed E-state index contributed by atoms with van der Waals surface area (Å²) in [5.41, 5.74) is 8.71. The van der Waals surface area contributed by atoms with E-state index >= 15 is 0 Å². The summed E-state index contributed by atoms with van der Waals surface area (Å²) < 4.78 is 8.53. The molecule has 1 saturated carbocycles. The highest BCUT2D eigenvalue weighted by Crippen LogP contribution is 2.53. The Morgan fingerprint density at radius 3 is 2.94 bits per heavy atom. The highest BCUT2D eigenvalue weighted by molar-refractivity contribution is 7.98. The van der Waals surface area contributed by atoms with Gasteiger partial charge in [0.15, 0.2) is 16.5 Å². The molecule has 170 valence electrons. The molecule has 2 aliphatic heterocycles. The number of ether oxygens (including phenoxy) is 1. The van der Waals surface area contributed by atoms with Gasteiger partial charge in [-0.05, 0) is 38.5 Å². The number of nitrogens with two attached hydrogens (primary N) is 1. The van der Waals surface area contributed by atoms with Gasteiger partial charge in [-0.1, -0.05) is 17.8 Å². The molecular weight excluding hydrogens is 438 g/mol. The van der Waals surface area contributed by atoms with Crippen LogP contribution in [0.5, 0.6) is 5.88 Å². The van der Waals surface area contributed by atoms with Gasteiger partial charge in [-0.25, -0.2) is 9.97 Å². The Hall–Kier alpha value is -3.14. The fourth-order valence-corrected chi connectivity index (χ4v) is 5.71. The highest BCUT2D eigenvalue weighted by atomic mass is 32.2. The summed E-state index contributed by atoms with van der Waals surface area (Å²) in [4.78, 5) is 29.4. The number of Topliss-reactive ketones (excluding diaryl/α,β-unsaturated/α-hetero) is 1. The van der Waals surface area contributed by atoms with Crippen LogP contribution < -0.4 is 15.4 Å². The van der Waals surface area contributed by atoms with Crippen molar-refractivity contribution in [1.82, 2.24) is 24.7 Å². The van der Waals surface area contributed by atoms with E-state index in [4.69, 9.17) is 25.5 Å². The smallest absolute Gasteiger partial charge is 0.230 e. The number of nitrogen functional groups attached to an aromatic ring is 1. The van der Waals surface area contributed by atoms with Crippen molar-refractivity contribution in [3.8, 4) is 17.1 Å². The maximum Gasteiger partial charge on any atom is 0.230 e. The lowest BCUT2D eigenvalue weighted by atomic mass is 9.76. The third kappa shape index (κ3) is 2.89. The number of fused-ring (bicyclic) bond motifs is 1. The maximum absolute atomic E-state index is 13.2. The number of thioether (sulfide) groups is 1. The van der Waals surface area contributed by atoms with Gasteiger partial charge in [0.25, 0.3) is 0 Å². The van der Waals surface area contributed by atoms with E-state index in [-0.39, 0.29) is 11.8 Å². The number of ketones is 1. The zero-order valence-corrected chi connectivity index (χ0v) is 19.4. The normalized spacial score (nSPS) is 22.0. The number of nitrogens with zero attached hydrogens (tertiary/aromatic N) is 6. The number of anilines is 2. The molecule has 1 spiro atoms. The van der Waals surface area contributed by atoms with Crippen LogP contribution in [0, 0.1) is 0 Å². The molecule has 3 aliphatic rings. The lowest BCUT2D eigenvalue weighted by molar-refractivity contribution is -0.139. The van der Waals surface area contributed by atoms with Crippen molar-refractivity contribution >= 4 is 29.2 Å². The maximum atomic E-state index is 13.2. The molecule has 2 N–H and O–H groups in total. The lowest BCUT2D eigenvalue weighted by Gasteiger charge is -2.40. The molecule has 1 fully saturated rings. The minimum atomic E-state index is -1.01. The van der Waals surface area contributed by atoms with E-state index in [9.17, 15) is 4.79 Å². The number of carbonyl (C=O) groups excluding carboxylic acids is 1. The zero-order valence-electron chi connectivity index (χ0n) is 18.6. The lowest BCUT2D eigenvalue weighted by Crippen LogP contribution is -2.46. The highest BCUT2D eigenvalue weighted by Gasteiger charge is 2.52. The number of aromatic nitrogens is 5. The van der Waals surface area contributed by atoms with Crippen LogP contribution in [0.1, 0.15) is 49.8 Å². The molecule has 33 heavy (non-hydrogen) atoms. The van der Waals surface area contributed by atoms with Crippen molar-refractivity contribution < 1.29 is 9.53 Å². The van der Waals surface area contributed by atoms with Crippen LogP contribution in [0.4, 0.5) is 11.6 Å². The quantitative estimate of drug-likeness (QED) is 0.461. The SMILES string of the molecule is CSc1nc2c3c(n1)N(C(C)c1cccnc1N)CCn1ncc(c1-3)C1(CCCCC1=O)O2. The molecule has 1 aliphatic carbocycles. The largest absolute Gasteiger partial charge is 0.457 e. The minimum absolute atomic E-state index is 0.0762. The van der Waals surface area contributed by atoms with Crippen LogP contribution in [-0.2, 0) is 16.9 Å². The average Bonchev–Trinajstić information content (AvgIpc) is 3.18. The molecule has 0 saturated heterocycles. The average molecular weight is 464 g/mol. The van der Waals surface area contributed by atoms with Gasteiger partial charge in [0.05, 0.1) is 24.5 Å². The predicted molar refractivity (Wildman–Crippen MR) is 125 cm³/mol. The first kappa shape index (κ1) is 20.5. The molecule has 3 aromatic rings. The molecule has 2 atom stereocenters. The summed E-state index contributed by atoms with van der Waals surface area (Å²) in [6.07, 6.45) is 8.43. The molecule has 5 heterocycles. The molecular formula is C23H25N7O2S. The Kier molecular flexibility index (Phi) is 4.62. The van der Waals surface area contributed by atoms with E-state index in [1.54, 1.807) is 6.20 Å². The predicted octanol–water partition coefficient (Wildman–Crippen LogP) is 3.35. The number of hydrogen-bond donors (Lipinski definition) is 1. The van der Waals surface area contributed by atoms with Crippen LogP contribution in [0.25, 0.3) is 11.3 Å². The first-order chi connectivity index (χ1) is 16.0.